The first-order chi connectivity index (χ1) is 4.56. The minimum absolute atomic E-state index is 0.132. The van der Waals surface area contributed by atoms with E-state index in [2.05, 4.69) is 4.74 Å². The number of hydrogen-bond acceptors (Lipinski definition) is 3. The van der Waals surface area contributed by atoms with Crippen LogP contribution in [-0.4, -0.2) is 31.9 Å². The first-order valence-electron chi connectivity index (χ1n) is 3.09. The van der Waals surface area contributed by atoms with Crippen LogP contribution in [0.3, 0.4) is 0 Å². The van der Waals surface area contributed by atoms with E-state index >= 15 is 0 Å². The summed E-state index contributed by atoms with van der Waals surface area (Å²) < 4.78 is 32.1. The van der Waals surface area contributed by atoms with Crippen LogP contribution in [0, 0.1) is 0 Å². The van der Waals surface area contributed by atoms with Gasteiger partial charge in [0.1, 0.15) is 0 Å². The van der Waals surface area contributed by atoms with Crippen LogP contribution in [0.2, 0.25) is 0 Å². The Morgan fingerprint density at radius 2 is 1.90 bits per heavy atom. The van der Waals surface area contributed by atoms with E-state index in [9.17, 15) is 8.42 Å². The van der Waals surface area contributed by atoms with Gasteiger partial charge in [0.05, 0.1) is 19.0 Å². The summed E-state index contributed by atoms with van der Waals surface area (Å²) in [5, 5.41) is 0. The molecule has 5 heteroatoms. The molecule has 1 rings (SSSR count). The first-order valence-corrected chi connectivity index (χ1v) is 4.70. The molecule has 0 radical (unpaired) electrons. The van der Waals surface area contributed by atoms with Crippen molar-refractivity contribution in [3.63, 3.8) is 0 Å². The first kappa shape index (κ1) is 9.87. The molecule has 0 amide bonds. The fourth-order valence-electron chi connectivity index (χ4n) is 0.258. The second kappa shape index (κ2) is 4.65. The van der Waals surface area contributed by atoms with E-state index in [1.165, 1.54) is 0 Å². The largest absolute Gasteiger partial charge is 0.377 e. The summed E-state index contributed by atoms with van der Waals surface area (Å²) in [6.07, 6.45) is 0.471. The van der Waals surface area contributed by atoms with Gasteiger partial charge in [-0.1, -0.05) is 6.92 Å². The molecular weight excluding hydrogens is 156 g/mol. The van der Waals surface area contributed by atoms with Crippen LogP contribution >= 0.6 is 0 Å². The second-order valence-electron chi connectivity index (χ2n) is 1.90. The molecule has 0 spiro atoms. The Labute approximate surface area is 60.9 Å². The van der Waals surface area contributed by atoms with E-state index in [0.29, 0.717) is 6.42 Å². The zero-order valence-electron chi connectivity index (χ0n) is 5.91. The fourth-order valence-corrected chi connectivity index (χ4v) is 0.774. The van der Waals surface area contributed by atoms with Crippen LogP contribution in [-0.2, 0) is 14.9 Å². The topological polar surface area (TPSA) is 66.9 Å². The van der Waals surface area contributed by atoms with Crippen LogP contribution in [0.25, 0.3) is 0 Å². The molecule has 10 heavy (non-hydrogen) atoms. The maximum Gasteiger partial charge on any atom is 0.264 e. The molecule has 0 atom stereocenters. The van der Waals surface area contributed by atoms with E-state index in [0.717, 1.165) is 13.2 Å². The van der Waals surface area contributed by atoms with Crippen molar-refractivity contribution < 1.29 is 17.7 Å². The van der Waals surface area contributed by atoms with Gasteiger partial charge in [-0.2, -0.15) is 8.42 Å². The van der Waals surface area contributed by atoms with Gasteiger partial charge in [0.15, 0.2) is 0 Å². The van der Waals surface area contributed by atoms with Crippen LogP contribution < -0.4 is 0 Å². The Balaban J connectivity index is 0.000000219. The molecule has 1 saturated heterocycles. The number of ether oxygens (including phenoxy) is 1. The normalized spacial score (nSPS) is 15.4. The second-order valence-corrected chi connectivity index (χ2v) is 3.47. The number of epoxide rings is 1. The highest BCUT2D eigenvalue weighted by Crippen LogP contribution is 1.84. The van der Waals surface area contributed by atoms with E-state index < -0.39 is 10.1 Å². The van der Waals surface area contributed by atoms with Crippen molar-refractivity contribution in [2.45, 2.75) is 13.3 Å². The third-order valence-electron chi connectivity index (χ3n) is 0.666. The summed E-state index contributed by atoms with van der Waals surface area (Å²) in [6, 6.07) is 0. The maximum absolute atomic E-state index is 9.79. The molecule has 0 unspecified atom stereocenters. The predicted molar refractivity (Wildman–Crippen MR) is 37.5 cm³/mol. The van der Waals surface area contributed by atoms with Crippen molar-refractivity contribution in [2.24, 2.45) is 0 Å². The van der Waals surface area contributed by atoms with Crippen LogP contribution in [0.15, 0.2) is 0 Å². The molecule has 0 aliphatic carbocycles. The Morgan fingerprint density at radius 3 is 1.90 bits per heavy atom. The van der Waals surface area contributed by atoms with E-state index in [-0.39, 0.29) is 5.75 Å². The van der Waals surface area contributed by atoms with Crippen molar-refractivity contribution >= 4 is 10.1 Å². The van der Waals surface area contributed by atoms with Gasteiger partial charge in [-0.05, 0) is 6.42 Å². The summed E-state index contributed by atoms with van der Waals surface area (Å²) in [5.41, 5.74) is 0. The predicted octanol–water partition coefficient (Wildman–Crippen LogP) is 0.301. The summed E-state index contributed by atoms with van der Waals surface area (Å²) in [5.74, 6) is -0.132. The average molecular weight is 168 g/mol. The Hall–Kier alpha value is -0.130. The molecule has 62 valence electrons. The third kappa shape index (κ3) is 15.7. The zero-order valence-corrected chi connectivity index (χ0v) is 6.73. The third-order valence-corrected chi connectivity index (χ3v) is 1.59. The standard InChI is InChI=1S/C3H8O3S.C2H4O/c1-2-3-7(4,5)6;1-2-3-1/h2-3H2,1H3,(H,4,5,6);1-2H2. The highest BCUT2D eigenvalue weighted by Gasteiger charge is 1.98. The van der Waals surface area contributed by atoms with Crippen molar-refractivity contribution in [3.05, 3.63) is 0 Å². The Bertz CT molecular complexity index is 156. The van der Waals surface area contributed by atoms with Gasteiger partial charge in [0.2, 0.25) is 0 Å². The molecule has 4 nitrogen and oxygen atoms in total. The lowest BCUT2D eigenvalue weighted by Crippen LogP contribution is -2.01. The van der Waals surface area contributed by atoms with Crippen molar-refractivity contribution in [3.8, 4) is 0 Å². The number of rotatable bonds is 2. The Morgan fingerprint density at radius 1 is 1.50 bits per heavy atom. The lowest BCUT2D eigenvalue weighted by molar-refractivity contribution is 0.475. The minimum atomic E-state index is -3.67. The van der Waals surface area contributed by atoms with E-state index in [1.807, 2.05) is 0 Å². The summed E-state index contributed by atoms with van der Waals surface area (Å²) in [7, 11) is -3.67. The van der Waals surface area contributed by atoms with Crippen LogP contribution in [0.1, 0.15) is 13.3 Å². The highest BCUT2D eigenvalue weighted by atomic mass is 32.2. The summed E-state index contributed by atoms with van der Waals surface area (Å²) in [6.45, 7) is 3.69. The molecule has 1 aliphatic heterocycles. The van der Waals surface area contributed by atoms with Gasteiger partial charge in [-0.25, -0.2) is 0 Å². The summed E-state index contributed by atoms with van der Waals surface area (Å²) in [4.78, 5) is 0. The molecule has 0 saturated carbocycles. The molecule has 0 aromatic heterocycles. The average Bonchev–Trinajstić information content (AvgIpc) is 2.40. The molecule has 1 fully saturated rings. The quantitative estimate of drug-likeness (QED) is 0.475. The van der Waals surface area contributed by atoms with Gasteiger partial charge < -0.3 is 4.74 Å². The molecule has 1 heterocycles. The summed E-state index contributed by atoms with van der Waals surface area (Å²) >= 11 is 0. The molecule has 0 aromatic rings. The monoisotopic (exact) mass is 168 g/mol. The van der Waals surface area contributed by atoms with Gasteiger partial charge in [0.25, 0.3) is 10.1 Å². The van der Waals surface area contributed by atoms with Crippen LogP contribution in [0.4, 0.5) is 0 Å². The smallest absolute Gasteiger partial charge is 0.264 e. The Kier molecular flexibility index (Phi) is 4.59. The molecule has 1 N–H and O–H groups in total. The number of hydrogen-bond donors (Lipinski definition) is 1. The van der Waals surface area contributed by atoms with Gasteiger partial charge in [-0.15, -0.1) is 0 Å². The maximum atomic E-state index is 9.79. The van der Waals surface area contributed by atoms with Crippen molar-refractivity contribution in [1.29, 1.82) is 0 Å². The van der Waals surface area contributed by atoms with Crippen molar-refractivity contribution in [2.75, 3.05) is 19.0 Å². The van der Waals surface area contributed by atoms with Gasteiger partial charge in [0, 0.05) is 0 Å². The van der Waals surface area contributed by atoms with Crippen molar-refractivity contribution in [1.82, 2.24) is 0 Å². The van der Waals surface area contributed by atoms with E-state index in [4.69, 9.17) is 4.55 Å². The molecule has 1 aliphatic rings. The SMILES string of the molecule is C1CO1.CCCS(=O)(=O)O. The highest BCUT2D eigenvalue weighted by molar-refractivity contribution is 7.85. The molecule has 0 aromatic carbocycles. The lowest BCUT2D eigenvalue weighted by Gasteiger charge is -1.85. The molecule has 0 bridgehead atoms. The fraction of sp³-hybridized carbons (Fsp3) is 1.00. The van der Waals surface area contributed by atoms with Gasteiger partial charge >= 0.3 is 0 Å². The lowest BCUT2D eigenvalue weighted by atomic mass is 10.6. The molecular formula is C5H12O4S. The van der Waals surface area contributed by atoms with Gasteiger partial charge in [-0.3, -0.25) is 4.55 Å². The zero-order chi connectivity index (χ0) is 8.04. The van der Waals surface area contributed by atoms with Crippen LogP contribution in [0.5, 0.6) is 0 Å². The minimum Gasteiger partial charge on any atom is -0.377 e. The van der Waals surface area contributed by atoms with E-state index in [1.54, 1.807) is 6.92 Å².